The number of nitriles is 3. The number of halogens is 3. The zero-order valence-electron chi connectivity index (χ0n) is 22.9. The van der Waals surface area contributed by atoms with Gasteiger partial charge in [-0.1, -0.05) is 48.5 Å². The number of aromatic nitrogens is 3. The largest absolute Gasteiger partial charge is 0.465 e. The highest BCUT2D eigenvalue weighted by atomic mass is 19.4. The number of rotatable bonds is 6. The molecule has 1 aliphatic heterocycles. The molecular formula is C31H21F3N8O2. The van der Waals surface area contributed by atoms with E-state index < -0.39 is 35.9 Å². The zero-order chi connectivity index (χ0) is 31.6. The summed E-state index contributed by atoms with van der Waals surface area (Å²) in [6.45, 7) is 1.54. The van der Waals surface area contributed by atoms with Gasteiger partial charge in [-0.05, 0) is 48.4 Å². The molecule has 13 heteroatoms. The Morgan fingerprint density at radius 1 is 1.02 bits per heavy atom. The van der Waals surface area contributed by atoms with E-state index in [0.29, 0.717) is 21.6 Å². The number of hydrogen-bond acceptors (Lipinski definition) is 7. The van der Waals surface area contributed by atoms with Gasteiger partial charge in [0.05, 0.1) is 34.9 Å². The Morgan fingerprint density at radius 2 is 1.73 bits per heavy atom. The van der Waals surface area contributed by atoms with Crippen LogP contribution in [0.15, 0.2) is 90.1 Å². The molecule has 0 saturated carbocycles. The van der Waals surface area contributed by atoms with Gasteiger partial charge in [0.25, 0.3) is 5.95 Å². The molecule has 0 bridgehead atoms. The molecule has 1 amide bonds. The van der Waals surface area contributed by atoms with Gasteiger partial charge in [-0.15, -0.1) is 5.10 Å². The summed E-state index contributed by atoms with van der Waals surface area (Å²) in [5.74, 6) is -0.481. The van der Waals surface area contributed by atoms with E-state index in [9.17, 15) is 38.9 Å². The fourth-order valence-electron chi connectivity index (χ4n) is 5.03. The molecule has 3 aromatic carbocycles. The number of carbonyl (C=O) groups is 1. The summed E-state index contributed by atoms with van der Waals surface area (Å²) in [7, 11) is 0. The maximum atomic E-state index is 13.7. The second-order valence-corrected chi connectivity index (χ2v) is 9.77. The lowest BCUT2D eigenvalue weighted by Crippen LogP contribution is -2.41. The predicted molar refractivity (Wildman–Crippen MR) is 151 cm³/mol. The van der Waals surface area contributed by atoms with Crippen LogP contribution in [0.25, 0.3) is 0 Å². The van der Waals surface area contributed by atoms with Crippen LogP contribution in [0.1, 0.15) is 35.2 Å². The van der Waals surface area contributed by atoms with Gasteiger partial charge in [0, 0.05) is 17.8 Å². The van der Waals surface area contributed by atoms with Gasteiger partial charge in [-0.25, -0.2) is 14.4 Å². The Bertz CT molecular complexity index is 1880. The molecule has 1 aliphatic rings. The van der Waals surface area contributed by atoms with Gasteiger partial charge in [0.1, 0.15) is 12.1 Å². The number of anilines is 3. The van der Waals surface area contributed by atoms with E-state index in [1.54, 1.807) is 42.5 Å². The van der Waals surface area contributed by atoms with E-state index in [2.05, 4.69) is 16.2 Å². The maximum Gasteiger partial charge on any atom is 0.416 e. The van der Waals surface area contributed by atoms with E-state index in [4.69, 9.17) is 0 Å². The summed E-state index contributed by atoms with van der Waals surface area (Å²) in [6.07, 6.45) is -6.19. The van der Waals surface area contributed by atoms with Crippen LogP contribution in [0.3, 0.4) is 0 Å². The molecule has 2 atom stereocenters. The number of fused-ring (bicyclic) bond motifs is 1. The van der Waals surface area contributed by atoms with Crippen molar-refractivity contribution in [2.45, 2.75) is 31.6 Å². The van der Waals surface area contributed by atoms with Crippen LogP contribution in [0, 0.1) is 34.0 Å². The SMILES string of the molecule is CC1=C(C#N)[C@@H](c2ccc(C#N)cc2)n2nc(N(C(=O)O)C(C#N)Cc3ccccc3)nc2N1c1cccc(C(F)(F)F)c1. The van der Waals surface area contributed by atoms with Gasteiger partial charge in [-0.2, -0.15) is 33.9 Å². The summed E-state index contributed by atoms with van der Waals surface area (Å²) in [5.41, 5.74) is 0.912. The van der Waals surface area contributed by atoms with Crippen molar-refractivity contribution < 1.29 is 23.1 Å². The van der Waals surface area contributed by atoms with Crippen molar-refractivity contribution in [3.8, 4) is 18.2 Å². The third kappa shape index (κ3) is 5.40. The van der Waals surface area contributed by atoms with Crippen LogP contribution in [-0.2, 0) is 12.6 Å². The van der Waals surface area contributed by atoms with E-state index in [-0.39, 0.29) is 29.3 Å². The molecule has 0 radical (unpaired) electrons. The Balaban J connectivity index is 1.72. The lowest BCUT2D eigenvalue weighted by Gasteiger charge is -2.34. The van der Waals surface area contributed by atoms with Crippen LogP contribution in [0.4, 0.5) is 35.5 Å². The van der Waals surface area contributed by atoms with Crippen molar-refractivity contribution in [1.82, 2.24) is 14.8 Å². The fourth-order valence-corrected chi connectivity index (χ4v) is 5.03. The molecule has 0 saturated heterocycles. The molecule has 218 valence electrons. The summed E-state index contributed by atoms with van der Waals surface area (Å²) in [4.78, 5) is 19.0. The van der Waals surface area contributed by atoms with Crippen molar-refractivity contribution >= 4 is 23.7 Å². The molecule has 1 aromatic heterocycles. The zero-order valence-corrected chi connectivity index (χ0v) is 22.9. The lowest BCUT2D eigenvalue weighted by molar-refractivity contribution is -0.137. The van der Waals surface area contributed by atoms with Gasteiger partial charge in [0.15, 0.2) is 0 Å². The van der Waals surface area contributed by atoms with Crippen molar-refractivity contribution in [3.05, 3.63) is 112 Å². The highest BCUT2D eigenvalue weighted by molar-refractivity contribution is 5.85. The van der Waals surface area contributed by atoms with E-state index in [1.165, 1.54) is 40.8 Å². The van der Waals surface area contributed by atoms with Crippen LogP contribution in [0.2, 0.25) is 0 Å². The first-order valence-corrected chi connectivity index (χ1v) is 13.1. The third-order valence-corrected chi connectivity index (χ3v) is 7.11. The summed E-state index contributed by atoms with van der Waals surface area (Å²) in [5, 5.41) is 44.2. The van der Waals surface area contributed by atoms with Crippen LogP contribution in [-0.4, -0.2) is 32.0 Å². The molecule has 0 aliphatic carbocycles. The van der Waals surface area contributed by atoms with Gasteiger partial charge in [-0.3, -0.25) is 4.90 Å². The average molecular weight is 595 g/mol. The van der Waals surface area contributed by atoms with Crippen LogP contribution < -0.4 is 9.80 Å². The molecule has 1 N–H and O–H groups in total. The molecule has 1 unspecified atom stereocenters. The molecule has 2 heterocycles. The average Bonchev–Trinajstić information content (AvgIpc) is 3.43. The first kappa shape index (κ1) is 29.4. The van der Waals surface area contributed by atoms with Crippen LogP contribution >= 0.6 is 0 Å². The number of benzene rings is 3. The van der Waals surface area contributed by atoms with E-state index >= 15 is 0 Å². The van der Waals surface area contributed by atoms with E-state index in [0.717, 1.165) is 12.1 Å². The smallest absolute Gasteiger partial charge is 0.416 e. The van der Waals surface area contributed by atoms with Gasteiger partial charge < -0.3 is 5.11 Å². The van der Waals surface area contributed by atoms with Crippen LogP contribution in [0.5, 0.6) is 0 Å². The number of allylic oxidation sites excluding steroid dienone is 2. The summed E-state index contributed by atoms with van der Waals surface area (Å²) in [6, 6.07) is 23.3. The first-order valence-electron chi connectivity index (χ1n) is 13.1. The van der Waals surface area contributed by atoms with Gasteiger partial charge in [0.2, 0.25) is 5.95 Å². The molecule has 10 nitrogen and oxygen atoms in total. The second-order valence-electron chi connectivity index (χ2n) is 9.77. The standard InChI is InChI=1S/C31H21F3N8O2/c1-19-26(18-37)27(22-12-10-21(16-35)11-13-22)42-29(40(19)24-9-5-8-23(15-24)31(32,33)34)38-28(39-42)41(30(43)44)25(17-36)14-20-6-3-2-4-7-20/h2-13,15,25,27H,14H2,1H3,(H,43,44)/t25?,27-/m1/s1. The van der Waals surface area contributed by atoms with Crippen molar-refractivity contribution in [2.75, 3.05) is 9.80 Å². The normalized spacial score (nSPS) is 15.0. The summed E-state index contributed by atoms with van der Waals surface area (Å²) < 4.78 is 42.3. The fraction of sp³-hybridized carbons (Fsp3) is 0.161. The minimum Gasteiger partial charge on any atom is -0.465 e. The van der Waals surface area contributed by atoms with Crippen molar-refractivity contribution in [3.63, 3.8) is 0 Å². The molecule has 44 heavy (non-hydrogen) atoms. The highest BCUT2D eigenvalue weighted by Crippen LogP contribution is 2.44. The Hall–Kier alpha value is -6.13. The quantitative estimate of drug-likeness (QED) is 0.273. The second kappa shape index (κ2) is 11.6. The molecule has 0 fully saturated rings. The number of carboxylic acid groups (broad SMARTS) is 1. The molecule has 4 aromatic rings. The minimum absolute atomic E-state index is 0.00459. The van der Waals surface area contributed by atoms with Crippen molar-refractivity contribution in [2.24, 2.45) is 0 Å². The molecular weight excluding hydrogens is 573 g/mol. The third-order valence-electron chi connectivity index (χ3n) is 7.11. The van der Waals surface area contributed by atoms with Crippen molar-refractivity contribution in [1.29, 1.82) is 15.8 Å². The number of alkyl halides is 3. The van der Waals surface area contributed by atoms with E-state index in [1.807, 2.05) is 12.1 Å². The summed E-state index contributed by atoms with van der Waals surface area (Å²) >= 11 is 0. The monoisotopic (exact) mass is 594 g/mol. The molecule has 5 rings (SSSR count). The number of nitrogens with zero attached hydrogens (tertiary/aromatic N) is 8. The molecule has 0 spiro atoms. The first-order chi connectivity index (χ1) is 21.1. The number of hydrogen-bond donors (Lipinski definition) is 1. The predicted octanol–water partition coefficient (Wildman–Crippen LogP) is 6.33. The highest BCUT2D eigenvalue weighted by Gasteiger charge is 2.39. The maximum absolute atomic E-state index is 13.7. The lowest BCUT2D eigenvalue weighted by atomic mass is 9.95. The Kier molecular flexibility index (Phi) is 7.76. The van der Waals surface area contributed by atoms with Gasteiger partial charge >= 0.3 is 12.3 Å². The number of amides is 1. The Labute approximate surface area is 249 Å². The Morgan fingerprint density at radius 3 is 2.32 bits per heavy atom. The minimum atomic E-state index is -4.66. The topological polar surface area (TPSA) is 146 Å².